The van der Waals surface area contributed by atoms with E-state index in [0.717, 1.165) is 31.4 Å². The van der Waals surface area contributed by atoms with Crippen molar-refractivity contribution in [1.82, 2.24) is 10.6 Å². The van der Waals surface area contributed by atoms with Crippen LogP contribution in [0.4, 0.5) is 0 Å². The topological polar surface area (TPSA) is 41.1 Å². The molecule has 3 nitrogen and oxygen atoms in total. The van der Waals surface area contributed by atoms with Gasteiger partial charge in [0.2, 0.25) is 0 Å². The lowest BCUT2D eigenvalue weighted by Gasteiger charge is -2.46. The summed E-state index contributed by atoms with van der Waals surface area (Å²) in [6.07, 6.45) is 3.38. The largest absolute Gasteiger partial charge is 0.352 e. The van der Waals surface area contributed by atoms with Crippen LogP contribution in [0.2, 0.25) is 0 Å². The van der Waals surface area contributed by atoms with Gasteiger partial charge in [0, 0.05) is 23.2 Å². The van der Waals surface area contributed by atoms with Crippen LogP contribution < -0.4 is 10.6 Å². The lowest BCUT2D eigenvalue weighted by atomic mass is 9.75. The number of rotatable bonds is 4. The number of nitrogens with one attached hydrogen (secondary N) is 2. The molecular formula is C18H28N2O. The second-order valence-corrected chi connectivity index (χ2v) is 7.58. The summed E-state index contributed by atoms with van der Waals surface area (Å²) in [5.41, 5.74) is 1.09. The highest BCUT2D eigenvalue weighted by atomic mass is 16.1. The number of carbonyl (C=O) groups excluding carboxylic acids is 1. The van der Waals surface area contributed by atoms with E-state index in [0.29, 0.717) is 5.92 Å². The van der Waals surface area contributed by atoms with E-state index < -0.39 is 0 Å². The van der Waals surface area contributed by atoms with Gasteiger partial charge in [0.05, 0.1) is 0 Å². The number of hydrogen-bond acceptors (Lipinski definition) is 2. The smallest absolute Gasteiger partial charge is 0.251 e. The van der Waals surface area contributed by atoms with Gasteiger partial charge in [-0.3, -0.25) is 4.79 Å². The molecule has 2 rings (SSSR count). The van der Waals surface area contributed by atoms with E-state index in [-0.39, 0.29) is 17.0 Å². The Balaban J connectivity index is 1.82. The predicted octanol–water partition coefficient (Wildman–Crippen LogP) is 3.36. The third-order valence-corrected chi connectivity index (χ3v) is 4.15. The summed E-state index contributed by atoms with van der Waals surface area (Å²) >= 11 is 0. The minimum atomic E-state index is 0.0306. The fraction of sp³-hybridized carbons (Fsp3) is 0.611. The highest BCUT2D eigenvalue weighted by Gasteiger charge is 2.37. The third kappa shape index (κ3) is 4.85. The average molecular weight is 288 g/mol. The van der Waals surface area contributed by atoms with Crippen LogP contribution in [0.15, 0.2) is 30.3 Å². The monoisotopic (exact) mass is 288 g/mol. The molecule has 1 aliphatic rings. The molecule has 1 aliphatic heterocycles. The SMILES string of the molecule is CC1(C)CC(CCNC(=O)c2ccccc2)CC(C)(C)N1. The predicted molar refractivity (Wildman–Crippen MR) is 87.4 cm³/mol. The van der Waals surface area contributed by atoms with E-state index in [1.54, 1.807) is 0 Å². The number of benzene rings is 1. The van der Waals surface area contributed by atoms with E-state index in [1.165, 1.54) is 0 Å². The molecule has 116 valence electrons. The maximum absolute atomic E-state index is 12.0. The number of piperidine rings is 1. The second-order valence-electron chi connectivity index (χ2n) is 7.58. The summed E-state index contributed by atoms with van der Waals surface area (Å²) in [6, 6.07) is 9.42. The van der Waals surface area contributed by atoms with Gasteiger partial charge in [-0.25, -0.2) is 0 Å². The van der Waals surface area contributed by atoms with Crippen molar-refractivity contribution in [2.45, 2.75) is 58.0 Å². The molecule has 3 heteroatoms. The Hall–Kier alpha value is -1.35. The number of hydrogen-bond donors (Lipinski definition) is 2. The van der Waals surface area contributed by atoms with Crippen LogP contribution in [0.1, 0.15) is 57.3 Å². The highest BCUT2D eigenvalue weighted by Crippen LogP contribution is 2.34. The van der Waals surface area contributed by atoms with Gasteiger partial charge in [-0.1, -0.05) is 18.2 Å². The second kappa shape index (κ2) is 6.18. The minimum absolute atomic E-state index is 0.0306. The first-order chi connectivity index (χ1) is 9.77. The molecule has 1 aromatic carbocycles. The molecule has 1 amide bonds. The summed E-state index contributed by atoms with van der Waals surface area (Å²) in [5.74, 6) is 0.690. The van der Waals surface area contributed by atoms with Crippen LogP contribution >= 0.6 is 0 Å². The van der Waals surface area contributed by atoms with Gasteiger partial charge in [0.1, 0.15) is 0 Å². The summed E-state index contributed by atoms with van der Waals surface area (Å²) < 4.78 is 0. The van der Waals surface area contributed by atoms with Crippen LogP contribution in [-0.2, 0) is 0 Å². The highest BCUT2D eigenvalue weighted by molar-refractivity contribution is 5.94. The van der Waals surface area contributed by atoms with Gasteiger partial charge in [-0.2, -0.15) is 0 Å². The molecule has 0 aliphatic carbocycles. The van der Waals surface area contributed by atoms with Crippen LogP contribution in [0.25, 0.3) is 0 Å². The van der Waals surface area contributed by atoms with Crippen LogP contribution in [0.3, 0.4) is 0 Å². The Bertz CT molecular complexity index is 463. The van der Waals surface area contributed by atoms with E-state index in [9.17, 15) is 4.79 Å². The zero-order valence-electron chi connectivity index (χ0n) is 13.7. The van der Waals surface area contributed by atoms with Crippen LogP contribution in [-0.4, -0.2) is 23.5 Å². The van der Waals surface area contributed by atoms with Gasteiger partial charge in [0.15, 0.2) is 0 Å². The summed E-state index contributed by atoms with van der Waals surface area (Å²) in [6.45, 7) is 9.82. The molecule has 0 saturated carbocycles. The zero-order chi connectivity index (χ0) is 15.5. The third-order valence-electron chi connectivity index (χ3n) is 4.15. The minimum Gasteiger partial charge on any atom is -0.352 e. The maximum atomic E-state index is 12.0. The Kier molecular flexibility index (Phi) is 4.72. The molecule has 1 heterocycles. The summed E-state index contributed by atoms with van der Waals surface area (Å²) in [7, 11) is 0. The Labute approximate surface area is 128 Å². The normalized spacial score (nSPS) is 21.0. The molecule has 0 atom stereocenters. The fourth-order valence-corrected chi connectivity index (χ4v) is 3.82. The molecule has 0 bridgehead atoms. The molecule has 0 unspecified atom stereocenters. The van der Waals surface area contributed by atoms with E-state index in [4.69, 9.17) is 0 Å². The van der Waals surface area contributed by atoms with Crippen molar-refractivity contribution >= 4 is 5.91 Å². The van der Waals surface area contributed by atoms with Crippen molar-refractivity contribution in [3.05, 3.63) is 35.9 Å². The first kappa shape index (κ1) is 16.0. The quantitative estimate of drug-likeness (QED) is 0.892. The fourth-order valence-electron chi connectivity index (χ4n) is 3.82. The lowest BCUT2D eigenvalue weighted by molar-refractivity contribution is 0.0939. The van der Waals surface area contributed by atoms with E-state index in [2.05, 4.69) is 38.3 Å². The van der Waals surface area contributed by atoms with Crippen molar-refractivity contribution in [3.8, 4) is 0 Å². The van der Waals surface area contributed by atoms with Crippen molar-refractivity contribution in [2.24, 2.45) is 5.92 Å². The van der Waals surface area contributed by atoms with Crippen molar-refractivity contribution < 1.29 is 4.79 Å². The van der Waals surface area contributed by atoms with Gasteiger partial charge in [0.25, 0.3) is 5.91 Å². The molecule has 1 aromatic rings. The van der Waals surface area contributed by atoms with Crippen LogP contribution in [0, 0.1) is 5.92 Å². The zero-order valence-corrected chi connectivity index (χ0v) is 13.7. The molecule has 0 radical (unpaired) electrons. The Morgan fingerprint density at radius 2 is 1.71 bits per heavy atom. The molecule has 1 fully saturated rings. The standard InChI is InChI=1S/C18H28N2O/c1-17(2)12-14(13-18(3,4)20-17)10-11-19-16(21)15-8-6-5-7-9-15/h5-9,14,20H,10-13H2,1-4H3,(H,19,21). The average Bonchev–Trinajstić information content (AvgIpc) is 2.36. The van der Waals surface area contributed by atoms with Gasteiger partial charge in [-0.15, -0.1) is 0 Å². The van der Waals surface area contributed by atoms with E-state index >= 15 is 0 Å². The Morgan fingerprint density at radius 3 is 2.29 bits per heavy atom. The van der Waals surface area contributed by atoms with Crippen LogP contribution in [0.5, 0.6) is 0 Å². The molecule has 2 N–H and O–H groups in total. The molecule has 21 heavy (non-hydrogen) atoms. The van der Waals surface area contributed by atoms with Gasteiger partial charge in [-0.05, 0) is 65.0 Å². The lowest BCUT2D eigenvalue weighted by Crippen LogP contribution is -2.58. The molecule has 1 saturated heterocycles. The van der Waals surface area contributed by atoms with E-state index in [1.807, 2.05) is 30.3 Å². The van der Waals surface area contributed by atoms with Crippen molar-refractivity contribution in [3.63, 3.8) is 0 Å². The molecular weight excluding hydrogens is 260 g/mol. The number of amides is 1. The molecule has 0 spiro atoms. The number of carbonyl (C=O) groups is 1. The molecule has 0 aromatic heterocycles. The van der Waals surface area contributed by atoms with Gasteiger partial charge < -0.3 is 10.6 Å². The van der Waals surface area contributed by atoms with Crippen molar-refractivity contribution in [1.29, 1.82) is 0 Å². The first-order valence-corrected chi connectivity index (χ1v) is 7.90. The van der Waals surface area contributed by atoms with Crippen molar-refractivity contribution in [2.75, 3.05) is 6.54 Å². The summed E-state index contributed by atoms with van der Waals surface area (Å²) in [5, 5.41) is 6.74. The summed E-state index contributed by atoms with van der Waals surface area (Å²) in [4.78, 5) is 12.0. The maximum Gasteiger partial charge on any atom is 0.251 e. The first-order valence-electron chi connectivity index (χ1n) is 7.90. The Morgan fingerprint density at radius 1 is 1.14 bits per heavy atom. The van der Waals surface area contributed by atoms with Gasteiger partial charge >= 0.3 is 0 Å².